The molecular formula is C17H14N2O2S2. The molecule has 0 N–H and O–H groups in total. The number of nitrogens with zero attached hydrogens (tertiary/aromatic N) is 2. The summed E-state index contributed by atoms with van der Waals surface area (Å²) in [6, 6.07) is 11.2. The standard InChI is InChI=1S/C17H14N2O2S2/c1-2-21-14-7-3-5-12(9-14)10-15-16(20)19(17(22)23-15)13-6-4-8-18-11-13/h3-11H,2H2,1H3/b15-10-. The number of aromatic nitrogens is 1. The Hall–Kier alpha value is -2.18. The average molecular weight is 342 g/mol. The molecule has 1 amide bonds. The van der Waals surface area contributed by atoms with Crippen LogP contribution in [0.4, 0.5) is 5.69 Å². The van der Waals surface area contributed by atoms with Gasteiger partial charge in [0.2, 0.25) is 0 Å². The lowest BCUT2D eigenvalue weighted by Crippen LogP contribution is -2.27. The molecule has 2 aromatic rings. The van der Waals surface area contributed by atoms with Gasteiger partial charge in [-0.1, -0.05) is 36.1 Å². The molecule has 1 aromatic heterocycles. The van der Waals surface area contributed by atoms with Crippen molar-refractivity contribution in [3.05, 3.63) is 59.3 Å². The highest BCUT2D eigenvalue weighted by Gasteiger charge is 2.33. The maximum absolute atomic E-state index is 12.6. The number of rotatable bonds is 4. The number of ether oxygens (including phenoxy) is 1. The molecule has 1 aromatic carbocycles. The van der Waals surface area contributed by atoms with E-state index in [9.17, 15) is 4.79 Å². The quantitative estimate of drug-likeness (QED) is 0.623. The van der Waals surface area contributed by atoms with Gasteiger partial charge in [0.25, 0.3) is 5.91 Å². The van der Waals surface area contributed by atoms with E-state index in [1.165, 1.54) is 16.7 Å². The summed E-state index contributed by atoms with van der Waals surface area (Å²) in [5.41, 5.74) is 1.59. The Morgan fingerprint density at radius 3 is 2.96 bits per heavy atom. The Morgan fingerprint density at radius 2 is 2.22 bits per heavy atom. The first-order chi connectivity index (χ1) is 11.2. The third-order valence-electron chi connectivity index (χ3n) is 3.16. The van der Waals surface area contributed by atoms with Gasteiger partial charge >= 0.3 is 0 Å². The Kier molecular flexibility index (Phi) is 4.73. The molecule has 0 radical (unpaired) electrons. The second-order valence-electron chi connectivity index (χ2n) is 4.73. The van der Waals surface area contributed by atoms with Crippen molar-refractivity contribution in [1.29, 1.82) is 0 Å². The number of hydrogen-bond acceptors (Lipinski definition) is 5. The first-order valence-corrected chi connectivity index (χ1v) is 8.32. The number of hydrogen-bond donors (Lipinski definition) is 0. The summed E-state index contributed by atoms with van der Waals surface area (Å²) >= 11 is 6.63. The number of carbonyl (C=O) groups is 1. The molecule has 0 atom stereocenters. The van der Waals surface area contributed by atoms with E-state index in [0.717, 1.165) is 11.3 Å². The van der Waals surface area contributed by atoms with Gasteiger partial charge in [-0.05, 0) is 42.8 Å². The highest BCUT2D eigenvalue weighted by Crippen LogP contribution is 2.35. The number of amides is 1. The van der Waals surface area contributed by atoms with E-state index in [0.29, 0.717) is 21.5 Å². The summed E-state index contributed by atoms with van der Waals surface area (Å²) < 4.78 is 5.99. The molecule has 1 fully saturated rings. The molecule has 0 saturated carbocycles. The predicted octanol–water partition coefficient (Wildman–Crippen LogP) is 3.89. The third kappa shape index (κ3) is 3.43. The largest absolute Gasteiger partial charge is 0.494 e. The smallest absolute Gasteiger partial charge is 0.270 e. The highest BCUT2D eigenvalue weighted by molar-refractivity contribution is 8.27. The van der Waals surface area contributed by atoms with Crippen LogP contribution in [0.5, 0.6) is 5.75 Å². The van der Waals surface area contributed by atoms with Gasteiger partial charge in [0.1, 0.15) is 5.75 Å². The molecule has 2 heterocycles. The van der Waals surface area contributed by atoms with Crippen LogP contribution >= 0.6 is 24.0 Å². The molecule has 0 aliphatic carbocycles. The predicted molar refractivity (Wildman–Crippen MR) is 97.5 cm³/mol. The molecular weight excluding hydrogens is 328 g/mol. The maximum atomic E-state index is 12.6. The van der Waals surface area contributed by atoms with Crippen molar-refractivity contribution < 1.29 is 9.53 Å². The zero-order chi connectivity index (χ0) is 16.2. The zero-order valence-corrected chi connectivity index (χ0v) is 14.1. The third-order valence-corrected chi connectivity index (χ3v) is 4.47. The molecule has 4 nitrogen and oxygen atoms in total. The van der Waals surface area contributed by atoms with Crippen LogP contribution < -0.4 is 9.64 Å². The topological polar surface area (TPSA) is 42.4 Å². The molecule has 3 rings (SSSR count). The van der Waals surface area contributed by atoms with E-state index in [2.05, 4.69) is 4.98 Å². The van der Waals surface area contributed by atoms with Crippen LogP contribution in [0, 0.1) is 0 Å². The monoisotopic (exact) mass is 342 g/mol. The van der Waals surface area contributed by atoms with Crippen LogP contribution in [-0.2, 0) is 4.79 Å². The second-order valence-corrected chi connectivity index (χ2v) is 6.41. The van der Waals surface area contributed by atoms with Crippen LogP contribution in [0.2, 0.25) is 0 Å². The number of pyridine rings is 1. The fourth-order valence-electron chi connectivity index (χ4n) is 2.19. The summed E-state index contributed by atoms with van der Waals surface area (Å²) in [4.78, 5) is 18.8. The molecule has 0 bridgehead atoms. The number of benzene rings is 1. The van der Waals surface area contributed by atoms with Crippen molar-refractivity contribution in [2.45, 2.75) is 6.92 Å². The molecule has 1 aliphatic rings. The second kappa shape index (κ2) is 6.93. The van der Waals surface area contributed by atoms with E-state index >= 15 is 0 Å². The minimum absolute atomic E-state index is 0.130. The van der Waals surface area contributed by atoms with Crippen molar-refractivity contribution in [2.24, 2.45) is 0 Å². The van der Waals surface area contributed by atoms with Crippen molar-refractivity contribution in [2.75, 3.05) is 11.5 Å². The number of anilines is 1. The van der Waals surface area contributed by atoms with Crippen molar-refractivity contribution in [3.63, 3.8) is 0 Å². The van der Waals surface area contributed by atoms with E-state index in [4.69, 9.17) is 17.0 Å². The maximum Gasteiger partial charge on any atom is 0.270 e. The molecule has 1 saturated heterocycles. The van der Waals surface area contributed by atoms with E-state index in [1.54, 1.807) is 18.5 Å². The lowest BCUT2D eigenvalue weighted by molar-refractivity contribution is -0.113. The molecule has 0 spiro atoms. The summed E-state index contributed by atoms with van der Waals surface area (Å²) in [5.74, 6) is 0.652. The summed E-state index contributed by atoms with van der Waals surface area (Å²) in [5, 5.41) is 0. The van der Waals surface area contributed by atoms with Gasteiger partial charge in [-0.2, -0.15) is 0 Å². The van der Waals surface area contributed by atoms with Crippen LogP contribution in [0.3, 0.4) is 0 Å². The number of carbonyl (C=O) groups excluding carboxylic acids is 1. The zero-order valence-electron chi connectivity index (χ0n) is 12.4. The van der Waals surface area contributed by atoms with E-state index < -0.39 is 0 Å². The van der Waals surface area contributed by atoms with Crippen molar-refractivity contribution >= 4 is 46.0 Å². The summed E-state index contributed by atoms with van der Waals surface area (Å²) in [6.07, 6.45) is 5.12. The first kappa shape index (κ1) is 15.7. The van der Waals surface area contributed by atoms with E-state index in [-0.39, 0.29) is 5.91 Å². The Bertz CT molecular complexity index is 775. The average Bonchev–Trinajstić information content (AvgIpc) is 2.83. The Morgan fingerprint density at radius 1 is 1.35 bits per heavy atom. The minimum atomic E-state index is -0.130. The van der Waals surface area contributed by atoms with Gasteiger partial charge in [-0.3, -0.25) is 14.7 Å². The van der Waals surface area contributed by atoms with Gasteiger partial charge in [-0.15, -0.1) is 0 Å². The molecule has 6 heteroatoms. The van der Waals surface area contributed by atoms with Crippen LogP contribution in [0.15, 0.2) is 53.7 Å². The fraction of sp³-hybridized carbons (Fsp3) is 0.118. The Labute approximate surface area is 144 Å². The SMILES string of the molecule is CCOc1cccc(/C=C2\SC(=S)N(c3cccnc3)C2=O)c1. The summed E-state index contributed by atoms with van der Waals surface area (Å²) in [7, 11) is 0. The van der Waals surface area contributed by atoms with Gasteiger partial charge in [0.15, 0.2) is 4.32 Å². The molecule has 116 valence electrons. The van der Waals surface area contributed by atoms with Crippen LogP contribution in [-0.4, -0.2) is 21.8 Å². The lowest BCUT2D eigenvalue weighted by atomic mass is 10.2. The molecule has 1 aliphatic heterocycles. The minimum Gasteiger partial charge on any atom is -0.494 e. The fourth-order valence-corrected chi connectivity index (χ4v) is 3.49. The van der Waals surface area contributed by atoms with Gasteiger partial charge in [0.05, 0.1) is 23.4 Å². The molecule has 23 heavy (non-hydrogen) atoms. The number of thiocarbonyl (C=S) groups is 1. The van der Waals surface area contributed by atoms with Crippen LogP contribution in [0.1, 0.15) is 12.5 Å². The van der Waals surface area contributed by atoms with Crippen LogP contribution in [0.25, 0.3) is 6.08 Å². The summed E-state index contributed by atoms with van der Waals surface area (Å²) in [6.45, 7) is 2.54. The number of thioether (sulfide) groups is 1. The van der Waals surface area contributed by atoms with Crippen molar-refractivity contribution in [1.82, 2.24) is 4.98 Å². The highest BCUT2D eigenvalue weighted by atomic mass is 32.2. The molecule has 0 unspecified atom stereocenters. The normalized spacial score (nSPS) is 16.2. The first-order valence-electron chi connectivity index (χ1n) is 7.10. The van der Waals surface area contributed by atoms with Crippen molar-refractivity contribution in [3.8, 4) is 5.75 Å². The van der Waals surface area contributed by atoms with Gasteiger partial charge in [-0.25, -0.2) is 0 Å². The lowest BCUT2D eigenvalue weighted by Gasteiger charge is -2.13. The Balaban J connectivity index is 1.88. The van der Waals surface area contributed by atoms with E-state index in [1.807, 2.05) is 43.3 Å². The van der Waals surface area contributed by atoms with Gasteiger partial charge in [0, 0.05) is 6.20 Å². The van der Waals surface area contributed by atoms with Gasteiger partial charge < -0.3 is 4.74 Å².